The van der Waals surface area contributed by atoms with Crippen molar-refractivity contribution in [3.8, 4) is 0 Å². The van der Waals surface area contributed by atoms with Crippen molar-refractivity contribution in [2.24, 2.45) is 0 Å². The van der Waals surface area contributed by atoms with Gasteiger partial charge in [-0.1, -0.05) is 29.8 Å². The number of hydrogen-bond donors (Lipinski definition) is 1. The van der Waals surface area contributed by atoms with Gasteiger partial charge in [-0.3, -0.25) is 0 Å². The molecular weight excluding hydrogens is 192 g/mol. The lowest BCUT2D eigenvalue weighted by Crippen LogP contribution is -1.90. The van der Waals surface area contributed by atoms with E-state index in [1.165, 1.54) is 22.5 Å². The summed E-state index contributed by atoms with van der Waals surface area (Å²) in [7, 11) is 0. The van der Waals surface area contributed by atoms with Crippen LogP contribution in [0.5, 0.6) is 0 Å². The molecule has 2 aromatic rings. The number of nitrogens with zero attached hydrogens (tertiary/aromatic N) is 1. The number of aryl methyl sites for hydroxylation is 1. The largest absolute Gasteiger partial charge is 0.375 e. The van der Waals surface area contributed by atoms with E-state index < -0.39 is 0 Å². The summed E-state index contributed by atoms with van der Waals surface area (Å²) in [5.41, 5.74) is 9.19. The SMILES string of the molecule is Cc1cccc(Cc2csc(N)n2)c1. The monoisotopic (exact) mass is 204 g/mol. The van der Waals surface area contributed by atoms with Crippen LogP contribution in [0.3, 0.4) is 0 Å². The Morgan fingerprint density at radius 1 is 1.43 bits per heavy atom. The van der Waals surface area contributed by atoms with E-state index in [-0.39, 0.29) is 0 Å². The quantitative estimate of drug-likeness (QED) is 0.816. The van der Waals surface area contributed by atoms with Crippen molar-refractivity contribution in [1.82, 2.24) is 4.98 Å². The molecule has 2 N–H and O–H groups in total. The molecule has 14 heavy (non-hydrogen) atoms. The molecule has 0 fully saturated rings. The highest BCUT2D eigenvalue weighted by Crippen LogP contribution is 2.15. The van der Waals surface area contributed by atoms with Crippen LogP contribution >= 0.6 is 11.3 Å². The van der Waals surface area contributed by atoms with Gasteiger partial charge in [0, 0.05) is 11.8 Å². The Balaban J connectivity index is 2.18. The maximum atomic E-state index is 5.57. The van der Waals surface area contributed by atoms with Crippen molar-refractivity contribution < 1.29 is 0 Å². The van der Waals surface area contributed by atoms with Crippen LogP contribution in [0, 0.1) is 6.92 Å². The van der Waals surface area contributed by atoms with Gasteiger partial charge < -0.3 is 5.73 Å². The van der Waals surface area contributed by atoms with Crippen LogP contribution in [0.2, 0.25) is 0 Å². The summed E-state index contributed by atoms with van der Waals surface area (Å²) in [4.78, 5) is 4.23. The molecule has 0 saturated carbocycles. The van der Waals surface area contributed by atoms with Crippen LogP contribution in [-0.2, 0) is 6.42 Å². The summed E-state index contributed by atoms with van der Waals surface area (Å²) in [6.45, 7) is 2.10. The fourth-order valence-electron chi connectivity index (χ4n) is 1.44. The van der Waals surface area contributed by atoms with E-state index in [0.29, 0.717) is 5.13 Å². The molecule has 0 amide bonds. The molecule has 2 rings (SSSR count). The van der Waals surface area contributed by atoms with Gasteiger partial charge in [0.1, 0.15) is 0 Å². The summed E-state index contributed by atoms with van der Waals surface area (Å²) in [6.07, 6.45) is 0.870. The lowest BCUT2D eigenvalue weighted by atomic mass is 10.1. The average Bonchev–Trinajstić information content (AvgIpc) is 2.51. The van der Waals surface area contributed by atoms with E-state index in [4.69, 9.17) is 5.73 Å². The van der Waals surface area contributed by atoms with Gasteiger partial charge in [-0.25, -0.2) is 4.98 Å². The molecule has 0 radical (unpaired) electrons. The van der Waals surface area contributed by atoms with Gasteiger partial charge in [0.05, 0.1) is 5.69 Å². The smallest absolute Gasteiger partial charge is 0.180 e. The second kappa shape index (κ2) is 3.80. The zero-order valence-electron chi connectivity index (χ0n) is 8.03. The third-order valence-corrected chi connectivity index (χ3v) is 2.76. The van der Waals surface area contributed by atoms with Gasteiger partial charge in [-0.15, -0.1) is 11.3 Å². The van der Waals surface area contributed by atoms with E-state index in [1.807, 2.05) is 5.38 Å². The molecule has 0 bridgehead atoms. The van der Waals surface area contributed by atoms with Crippen molar-refractivity contribution >= 4 is 16.5 Å². The van der Waals surface area contributed by atoms with Gasteiger partial charge in [0.15, 0.2) is 5.13 Å². The Kier molecular flexibility index (Phi) is 2.50. The second-order valence-electron chi connectivity index (χ2n) is 3.34. The molecule has 3 heteroatoms. The predicted molar refractivity (Wildman–Crippen MR) is 60.5 cm³/mol. The normalized spacial score (nSPS) is 10.4. The summed E-state index contributed by atoms with van der Waals surface area (Å²) >= 11 is 1.49. The Labute approximate surface area is 87.4 Å². The molecule has 0 unspecified atom stereocenters. The summed E-state index contributed by atoms with van der Waals surface area (Å²) in [5.74, 6) is 0. The van der Waals surface area contributed by atoms with Crippen LogP contribution in [0.4, 0.5) is 5.13 Å². The fourth-order valence-corrected chi connectivity index (χ4v) is 2.00. The lowest BCUT2D eigenvalue weighted by molar-refractivity contribution is 1.11. The van der Waals surface area contributed by atoms with Crippen molar-refractivity contribution in [3.63, 3.8) is 0 Å². The molecule has 0 aliphatic carbocycles. The number of nitrogen functional groups attached to an aromatic ring is 1. The standard InChI is InChI=1S/C11H12N2S/c1-8-3-2-4-9(5-8)6-10-7-14-11(12)13-10/h2-5,7H,6H2,1H3,(H2,12,13). The van der Waals surface area contributed by atoms with Crippen LogP contribution in [-0.4, -0.2) is 4.98 Å². The summed E-state index contributed by atoms with van der Waals surface area (Å²) < 4.78 is 0. The molecule has 1 heterocycles. The van der Waals surface area contributed by atoms with Gasteiger partial charge in [0.25, 0.3) is 0 Å². The zero-order valence-corrected chi connectivity index (χ0v) is 8.84. The summed E-state index contributed by atoms with van der Waals surface area (Å²) in [5, 5.41) is 2.66. The predicted octanol–water partition coefficient (Wildman–Crippen LogP) is 2.62. The van der Waals surface area contributed by atoms with Crippen LogP contribution in [0.1, 0.15) is 16.8 Å². The number of anilines is 1. The van der Waals surface area contributed by atoms with Gasteiger partial charge >= 0.3 is 0 Å². The van der Waals surface area contributed by atoms with Crippen LogP contribution in [0.25, 0.3) is 0 Å². The average molecular weight is 204 g/mol. The highest BCUT2D eigenvalue weighted by Gasteiger charge is 2.00. The van der Waals surface area contributed by atoms with Gasteiger partial charge in [-0.05, 0) is 12.5 Å². The van der Waals surface area contributed by atoms with Gasteiger partial charge in [0.2, 0.25) is 0 Å². The van der Waals surface area contributed by atoms with Crippen molar-refractivity contribution in [2.45, 2.75) is 13.3 Å². The number of aromatic nitrogens is 1. The Hall–Kier alpha value is -1.35. The molecule has 0 aliphatic heterocycles. The number of benzene rings is 1. The molecule has 72 valence electrons. The number of rotatable bonds is 2. The minimum atomic E-state index is 0.646. The summed E-state index contributed by atoms with van der Waals surface area (Å²) in [6, 6.07) is 8.46. The second-order valence-corrected chi connectivity index (χ2v) is 4.23. The molecule has 1 aromatic heterocycles. The number of hydrogen-bond acceptors (Lipinski definition) is 3. The van der Waals surface area contributed by atoms with Gasteiger partial charge in [-0.2, -0.15) is 0 Å². The lowest BCUT2D eigenvalue weighted by Gasteiger charge is -1.99. The molecular formula is C11H12N2S. The minimum absolute atomic E-state index is 0.646. The first kappa shape index (κ1) is 9.21. The molecule has 0 atom stereocenters. The van der Waals surface area contributed by atoms with Crippen molar-refractivity contribution in [3.05, 3.63) is 46.5 Å². The Morgan fingerprint density at radius 3 is 2.93 bits per heavy atom. The number of thiazole rings is 1. The highest BCUT2D eigenvalue weighted by atomic mass is 32.1. The van der Waals surface area contributed by atoms with Crippen LogP contribution < -0.4 is 5.73 Å². The van der Waals surface area contributed by atoms with E-state index in [1.54, 1.807) is 0 Å². The first-order chi connectivity index (χ1) is 6.74. The molecule has 0 saturated heterocycles. The van der Waals surface area contributed by atoms with Crippen molar-refractivity contribution in [1.29, 1.82) is 0 Å². The molecule has 0 spiro atoms. The highest BCUT2D eigenvalue weighted by molar-refractivity contribution is 7.13. The van der Waals surface area contributed by atoms with E-state index in [2.05, 4.69) is 36.2 Å². The van der Waals surface area contributed by atoms with E-state index >= 15 is 0 Å². The topological polar surface area (TPSA) is 38.9 Å². The Morgan fingerprint density at radius 2 is 2.29 bits per heavy atom. The number of nitrogens with two attached hydrogens (primary N) is 1. The third-order valence-electron chi connectivity index (χ3n) is 2.04. The van der Waals surface area contributed by atoms with Crippen molar-refractivity contribution in [2.75, 3.05) is 5.73 Å². The molecule has 2 nitrogen and oxygen atoms in total. The first-order valence-corrected chi connectivity index (χ1v) is 5.37. The Bertz CT molecular complexity index is 434. The maximum Gasteiger partial charge on any atom is 0.180 e. The zero-order chi connectivity index (χ0) is 9.97. The maximum absolute atomic E-state index is 5.57. The molecule has 1 aromatic carbocycles. The third kappa shape index (κ3) is 2.12. The first-order valence-electron chi connectivity index (χ1n) is 4.49. The fraction of sp³-hybridized carbons (Fsp3) is 0.182. The van der Waals surface area contributed by atoms with E-state index in [0.717, 1.165) is 12.1 Å². The van der Waals surface area contributed by atoms with E-state index in [9.17, 15) is 0 Å². The van der Waals surface area contributed by atoms with Crippen LogP contribution in [0.15, 0.2) is 29.6 Å². The molecule has 0 aliphatic rings. The minimum Gasteiger partial charge on any atom is -0.375 e.